The number of amidine groups is 1. The number of hydrogen-bond donors (Lipinski definition) is 6. The van der Waals surface area contributed by atoms with Crippen molar-refractivity contribution in [3.63, 3.8) is 0 Å². The van der Waals surface area contributed by atoms with Crippen LogP contribution in [0.3, 0.4) is 0 Å². The fraction of sp³-hybridized carbons (Fsp3) is 0.182. The third-order valence-corrected chi connectivity index (χ3v) is 11.9. The van der Waals surface area contributed by atoms with E-state index in [0.717, 1.165) is 50.5 Å². The number of carbonyl (C=O) groups is 3. The van der Waals surface area contributed by atoms with Crippen LogP contribution in [0.15, 0.2) is 136 Å². The van der Waals surface area contributed by atoms with Gasteiger partial charge in [-0.2, -0.15) is 15.2 Å². The maximum absolute atomic E-state index is 14.8. The van der Waals surface area contributed by atoms with Crippen LogP contribution in [0.2, 0.25) is 0 Å². The minimum Gasteiger partial charge on any atom is -0.450 e. The number of ether oxygens (including phenoxy) is 3. The average Bonchev–Trinajstić information content (AvgIpc) is 3.82. The van der Waals surface area contributed by atoms with Gasteiger partial charge < -0.3 is 24.9 Å². The molecule has 0 radical (unpaired) electrons. The van der Waals surface area contributed by atoms with E-state index in [2.05, 4.69) is 55.5 Å². The number of imidazole rings is 1. The highest BCUT2D eigenvalue weighted by atomic mass is 32.2. The summed E-state index contributed by atoms with van der Waals surface area (Å²) in [6.45, 7) is 7.71. The van der Waals surface area contributed by atoms with Crippen LogP contribution in [0.5, 0.6) is 0 Å². The first kappa shape index (κ1) is 54.5. The number of alkyl carbamates (subject to hydrolysis) is 1. The number of nitrogens with two attached hydrogens (primary N) is 1. The van der Waals surface area contributed by atoms with Crippen LogP contribution in [-0.2, 0) is 27.1 Å². The smallest absolute Gasteiger partial charge is 0.436 e. The second-order valence-electron chi connectivity index (χ2n) is 16.5. The summed E-state index contributed by atoms with van der Waals surface area (Å²) >= 11 is 1.12. The second-order valence-corrected chi connectivity index (χ2v) is 17.3. The van der Waals surface area contributed by atoms with Crippen molar-refractivity contribution in [3.8, 4) is 22.3 Å². The van der Waals surface area contributed by atoms with Gasteiger partial charge in [-0.1, -0.05) is 72.4 Å². The number of aliphatic imine (C=N–C) groups is 1. The summed E-state index contributed by atoms with van der Waals surface area (Å²) in [5, 5.41) is 21.2. The van der Waals surface area contributed by atoms with Crippen molar-refractivity contribution in [3.05, 3.63) is 182 Å². The molecule has 0 atom stereocenters. The van der Waals surface area contributed by atoms with Crippen molar-refractivity contribution >= 4 is 79.4 Å². The molecule has 3 heterocycles. The first-order valence-electron chi connectivity index (χ1n) is 23.7. The van der Waals surface area contributed by atoms with Crippen molar-refractivity contribution in [1.82, 2.24) is 35.7 Å². The monoisotopic (exact) mass is 1050 g/mol. The molecule has 7 N–H and O–H groups in total. The van der Waals surface area contributed by atoms with Crippen molar-refractivity contribution in [2.45, 2.75) is 40.5 Å². The predicted molar refractivity (Wildman–Crippen MR) is 292 cm³/mol. The van der Waals surface area contributed by atoms with Crippen molar-refractivity contribution < 1.29 is 37.4 Å². The van der Waals surface area contributed by atoms with E-state index in [1.54, 1.807) is 87.7 Å². The topological polar surface area (TPSA) is 262 Å². The standard InChI is InChI=1S/C25H20FN5O3.C22H18FN3O.C8H14N2O4S/c1-2-34-25(33)29-24-27-20-10-8-15(13-22(20)28-24)18-11-14(7-9-19(18)26)12-21-16-5-3-4-6-17(16)23(32)31-30-21;1-13-10-15(7-9-20(13)24)18-11-14(6-8-19(18)23)12-21-16-4-2-3-5-17(16)22(27)26-25-21;1-4-13-7(11)9-6(15-3)10-8(12)14-5-2/h3-11,13H,2,12H2,1H3,(H,31,32)(H2,27,28,29,33);2-11H,12,24H2,1H3,(H,26,27);4-5H2,1-3H3,(H,9,10,11,12). The number of thioether (sulfide) groups is 1. The van der Waals surface area contributed by atoms with Gasteiger partial charge in [0.25, 0.3) is 11.1 Å². The highest BCUT2D eigenvalue weighted by molar-refractivity contribution is 8.13. The summed E-state index contributed by atoms with van der Waals surface area (Å²) in [5.74, 6) is -0.412. The summed E-state index contributed by atoms with van der Waals surface area (Å²) in [6.07, 6.45) is 0.588. The number of hydrogen-bond acceptors (Lipinski definition) is 13. The van der Waals surface area contributed by atoms with Gasteiger partial charge in [-0.3, -0.25) is 20.2 Å². The molecule has 0 aliphatic rings. The summed E-state index contributed by atoms with van der Waals surface area (Å²) in [7, 11) is 0. The third kappa shape index (κ3) is 13.9. The van der Waals surface area contributed by atoms with Crippen LogP contribution in [-0.4, -0.2) is 79.9 Å². The van der Waals surface area contributed by atoms with Gasteiger partial charge in [0.15, 0.2) is 5.17 Å². The molecule has 0 saturated carbocycles. The van der Waals surface area contributed by atoms with Gasteiger partial charge in [-0.15, -0.1) is 0 Å². The Bertz CT molecular complexity index is 3730. The van der Waals surface area contributed by atoms with Gasteiger partial charge in [0.2, 0.25) is 5.95 Å². The normalized spacial score (nSPS) is 11.0. The Kier molecular flexibility index (Phi) is 18.4. The summed E-state index contributed by atoms with van der Waals surface area (Å²) in [5.41, 5.74) is 13.8. The number of aromatic nitrogens is 6. The Balaban J connectivity index is 0.000000179. The van der Waals surface area contributed by atoms with Gasteiger partial charge in [0, 0.05) is 40.4 Å². The Morgan fingerprint density at radius 2 is 1.17 bits per heavy atom. The van der Waals surface area contributed by atoms with E-state index in [9.17, 15) is 32.8 Å². The molecular formula is C55H52F2N10O8S. The molecule has 0 fully saturated rings. The highest BCUT2D eigenvalue weighted by Gasteiger charge is 2.15. The average molecular weight is 1050 g/mol. The molecule has 0 aliphatic carbocycles. The lowest BCUT2D eigenvalue weighted by Crippen LogP contribution is -2.29. The fourth-order valence-corrected chi connectivity index (χ4v) is 8.12. The van der Waals surface area contributed by atoms with Gasteiger partial charge in [-0.25, -0.2) is 38.3 Å². The number of H-pyrrole nitrogens is 3. The molecule has 0 bridgehead atoms. The molecule has 9 rings (SSSR count). The second kappa shape index (κ2) is 25.6. The van der Waals surface area contributed by atoms with E-state index < -0.39 is 18.3 Å². The van der Waals surface area contributed by atoms with E-state index in [4.69, 9.17) is 10.5 Å². The van der Waals surface area contributed by atoms with Crippen molar-refractivity contribution in [2.24, 2.45) is 4.99 Å². The maximum atomic E-state index is 14.8. The van der Waals surface area contributed by atoms with Gasteiger partial charge in [-0.05, 0) is 122 Å². The number of benzene rings is 6. The van der Waals surface area contributed by atoms with Crippen molar-refractivity contribution in [2.75, 3.05) is 37.1 Å². The summed E-state index contributed by atoms with van der Waals surface area (Å²) in [4.78, 5) is 68.4. The van der Waals surface area contributed by atoms with Crippen LogP contribution in [0.25, 0.3) is 54.8 Å². The van der Waals surface area contributed by atoms with Gasteiger partial charge in [0.05, 0.1) is 53.0 Å². The van der Waals surface area contributed by atoms with Crippen LogP contribution >= 0.6 is 11.8 Å². The zero-order valence-electron chi connectivity index (χ0n) is 41.9. The molecule has 18 nitrogen and oxygen atoms in total. The predicted octanol–water partition coefficient (Wildman–Crippen LogP) is 10.6. The molecule has 0 aliphatic heterocycles. The van der Waals surface area contributed by atoms with Gasteiger partial charge in [0.1, 0.15) is 11.6 Å². The number of aryl methyl sites for hydroxylation is 1. The molecule has 21 heteroatoms. The number of nitrogen functional groups attached to an aromatic ring is 1. The summed E-state index contributed by atoms with van der Waals surface area (Å²) < 4.78 is 43.3. The fourth-order valence-electron chi connectivity index (χ4n) is 7.77. The Morgan fingerprint density at radius 3 is 1.70 bits per heavy atom. The number of halogens is 2. The molecule has 9 aromatic rings. The van der Waals surface area contributed by atoms with Crippen LogP contribution in [0.1, 0.15) is 48.8 Å². The largest absolute Gasteiger partial charge is 0.450 e. The Hall–Kier alpha value is -9.24. The molecule has 6 aromatic carbocycles. The molecule has 76 heavy (non-hydrogen) atoms. The number of nitrogens with zero attached hydrogens (tertiary/aromatic N) is 4. The van der Waals surface area contributed by atoms with Crippen LogP contribution in [0, 0.1) is 18.6 Å². The maximum Gasteiger partial charge on any atom is 0.436 e. The molecule has 0 unspecified atom stereocenters. The first-order chi connectivity index (χ1) is 36.7. The van der Waals surface area contributed by atoms with Crippen LogP contribution in [0.4, 0.5) is 34.8 Å². The minimum absolute atomic E-state index is 0.145. The lowest BCUT2D eigenvalue weighted by Gasteiger charge is -2.10. The van der Waals surface area contributed by atoms with Crippen molar-refractivity contribution in [1.29, 1.82) is 0 Å². The molecule has 3 amide bonds. The Morgan fingerprint density at radius 1 is 0.658 bits per heavy atom. The zero-order chi connectivity index (χ0) is 54.3. The van der Waals surface area contributed by atoms with E-state index in [1.807, 2.05) is 55.5 Å². The SMILES string of the molecule is CCOC(=O)N=C(NC(=O)OCC)SC.CCOC(=O)Nc1nc2ccc(-c3cc(Cc4n[nH]c(=O)c5ccccc45)ccc3F)cc2[nH]1.Cc1cc(-c2cc(Cc3n[nH]c(=O)c4ccccc34)ccc2F)ccc1N. The van der Waals surface area contributed by atoms with E-state index >= 15 is 0 Å². The summed E-state index contributed by atoms with van der Waals surface area (Å²) in [6, 6.07) is 35.3. The molecule has 0 spiro atoms. The van der Waals surface area contributed by atoms with E-state index in [0.29, 0.717) is 62.7 Å². The molecule has 3 aromatic heterocycles. The number of carbonyl (C=O) groups excluding carboxylic acids is 3. The molecular weight excluding hydrogens is 999 g/mol. The van der Waals surface area contributed by atoms with E-state index in [-0.39, 0.29) is 53.7 Å². The number of amides is 3. The zero-order valence-corrected chi connectivity index (χ0v) is 42.7. The number of aromatic amines is 3. The highest BCUT2D eigenvalue weighted by Crippen LogP contribution is 2.30. The minimum atomic E-state index is -0.737. The Labute approximate surface area is 437 Å². The number of rotatable bonds is 10. The number of anilines is 2. The lowest BCUT2D eigenvalue weighted by atomic mass is 9.97. The van der Waals surface area contributed by atoms with Gasteiger partial charge >= 0.3 is 18.3 Å². The third-order valence-electron chi connectivity index (χ3n) is 11.4. The molecule has 390 valence electrons. The quantitative estimate of drug-likeness (QED) is 0.0323. The number of nitrogens with one attached hydrogen (secondary N) is 5. The van der Waals surface area contributed by atoms with E-state index in [1.165, 1.54) is 12.1 Å². The lowest BCUT2D eigenvalue weighted by molar-refractivity contribution is 0.157. The first-order valence-corrected chi connectivity index (χ1v) is 24.9. The number of fused-ring (bicyclic) bond motifs is 3. The van der Waals surface area contributed by atoms with Crippen LogP contribution < -0.4 is 27.5 Å². The molecule has 0 saturated heterocycles.